The Bertz CT molecular complexity index is 1470. The van der Waals surface area contributed by atoms with E-state index >= 15 is 0 Å². The molecule has 4 rings (SSSR count). The van der Waals surface area contributed by atoms with Crippen LogP contribution in [0.4, 0.5) is 0 Å². The van der Waals surface area contributed by atoms with Crippen LogP contribution < -0.4 is 11.2 Å². The van der Waals surface area contributed by atoms with Crippen LogP contribution in [-0.2, 0) is 11.3 Å². The highest BCUT2D eigenvalue weighted by Crippen LogP contribution is 2.28. The van der Waals surface area contributed by atoms with Gasteiger partial charge < -0.3 is 10.1 Å². The van der Waals surface area contributed by atoms with E-state index in [1.54, 1.807) is 10.6 Å². The third-order valence-corrected chi connectivity index (χ3v) is 5.97. The van der Waals surface area contributed by atoms with Crippen molar-refractivity contribution in [3.05, 3.63) is 86.7 Å². The Morgan fingerprint density at radius 1 is 1.15 bits per heavy atom. The van der Waals surface area contributed by atoms with E-state index in [1.165, 1.54) is 0 Å². The molecule has 0 saturated carbocycles. The summed E-state index contributed by atoms with van der Waals surface area (Å²) in [6, 6.07) is 12.9. The van der Waals surface area contributed by atoms with Crippen molar-refractivity contribution in [3.63, 3.8) is 0 Å². The summed E-state index contributed by atoms with van der Waals surface area (Å²) in [4.78, 5) is 41.1. The molecule has 0 aliphatic carbocycles. The van der Waals surface area contributed by atoms with Crippen LogP contribution in [0, 0.1) is 0 Å². The molecule has 7 heteroatoms. The van der Waals surface area contributed by atoms with Crippen molar-refractivity contribution < 1.29 is 9.90 Å². The number of benzene rings is 2. The first-order valence-electron chi connectivity index (χ1n) is 11.2. The first kappa shape index (κ1) is 22.3. The van der Waals surface area contributed by atoms with Gasteiger partial charge in [0.15, 0.2) is 0 Å². The standard InChI is InChI=1S/C26H27N3O4/c1-3-4-5-8-18-11-12-20-23(15-18)29(26(33)28(25(20)32)14-13-24(30)31)17(2)21-16-27-22-10-7-6-9-19(21)22/h5-12,15-17,27H,3-4,13-14H2,1-2H3,(H,30,31). The molecule has 170 valence electrons. The van der Waals surface area contributed by atoms with E-state index < -0.39 is 17.2 Å². The van der Waals surface area contributed by atoms with Gasteiger partial charge in [-0.25, -0.2) is 4.79 Å². The maximum Gasteiger partial charge on any atom is 0.332 e. The molecule has 0 radical (unpaired) electrons. The van der Waals surface area contributed by atoms with Gasteiger partial charge in [0.25, 0.3) is 5.56 Å². The summed E-state index contributed by atoms with van der Waals surface area (Å²) in [6.07, 6.45) is 7.60. The minimum Gasteiger partial charge on any atom is -0.481 e. The molecule has 4 aromatic rings. The van der Waals surface area contributed by atoms with Crippen molar-refractivity contribution in [1.82, 2.24) is 14.1 Å². The minimum absolute atomic E-state index is 0.179. The summed E-state index contributed by atoms with van der Waals surface area (Å²) < 4.78 is 2.64. The first-order chi connectivity index (χ1) is 15.9. The molecule has 2 aromatic carbocycles. The second-order valence-corrected chi connectivity index (χ2v) is 8.19. The van der Waals surface area contributed by atoms with Crippen LogP contribution >= 0.6 is 0 Å². The SMILES string of the molecule is CCCC=Cc1ccc2c(=O)n(CCC(=O)O)c(=O)n(C(C)c3c[nH]c4ccccc34)c2c1. The quantitative estimate of drug-likeness (QED) is 0.416. The summed E-state index contributed by atoms with van der Waals surface area (Å²) in [7, 11) is 0. The van der Waals surface area contributed by atoms with E-state index in [9.17, 15) is 14.4 Å². The van der Waals surface area contributed by atoms with Gasteiger partial charge in [0, 0.05) is 29.2 Å². The largest absolute Gasteiger partial charge is 0.481 e. The Hall–Kier alpha value is -3.87. The fourth-order valence-corrected chi connectivity index (χ4v) is 4.24. The van der Waals surface area contributed by atoms with Crippen LogP contribution in [-0.4, -0.2) is 25.2 Å². The number of allylic oxidation sites excluding steroid dienone is 1. The fraction of sp³-hybridized carbons (Fsp3) is 0.269. The number of aliphatic carboxylic acids is 1. The van der Waals surface area contributed by atoms with E-state index in [2.05, 4.69) is 18.0 Å². The van der Waals surface area contributed by atoms with Gasteiger partial charge in [-0.05, 0) is 37.1 Å². The number of nitrogens with zero attached hydrogens (tertiary/aromatic N) is 2. The molecule has 1 atom stereocenters. The lowest BCUT2D eigenvalue weighted by Crippen LogP contribution is -2.41. The predicted molar refractivity (Wildman–Crippen MR) is 131 cm³/mol. The van der Waals surface area contributed by atoms with E-state index in [-0.39, 0.29) is 19.0 Å². The van der Waals surface area contributed by atoms with Gasteiger partial charge in [0.2, 0.25) is 0 Å². The maximum atomic E-state index is 13.6. The predicted octanol–water partition coefficient (Wildman–Crippen LogP) is 4.54. The number of para-hydroxylation sites is 1. The Morgan fingerprint density at radius 3 is 2.70 bits per heavy atom. The molecule has 1 unspecified atom stereocenters. The zero-order valence-electron chi connectivity index (χ0n) is 18.7. The van der Waals surface area contributed by atoms with Gasteiger partial charge in [0.05, 0.1) is 23.4 Å². The average Bonchev–Trinajstić information content (AvgIpc) is 3.23. The minimum atomic E-state index is -1.06. The maximum absolute atomic E-state index is 13.6. The number of hydrogen-bond donors (Lipinski definition) is 2. The van der Waals surface area contributed by atoms with Gasteiger partial charge in [-0.3, -0.25) is 18.7 Å². The van der Waals surface area contributed by atoms with E-state index in [4.69, 9.17) is 5.11 Å². The highest BCUT2D eigenvalue weighted by atomic mass is 16.4. The molecule has 2 N–H and O–H groups in total. The molecule has 0 amide bonds. The lowest BCUT2D eigenvalue weighted by atomic mass is 10.1. The lowest BCUT2D eigenvalue weighted by Gasteiger charge is -2.20. The molecule has 0 aliphatic rings. The van der Waals surface area contributed by atoms with Crippen molar-refractivity contribution in [2.45, 2.75) is 45.7 Å². The summed E-state index contributed by atoms with van der Waals surface area (Å²) in [5, 5.41) is 10.5. The molecule has 33 heavy (non-hydrogen) atoms. The van der Waals surface area contributed by atoms with E-state index in [1.807, 2.05) is 55.6 Å². The van der Waals surface area contributed by atoms with Crippen molar-refractivity contribution in [2.24, 2.45) is 0 Å². The highest BCUT2D eigenvalue weighted by Gasteiger charge is 2.21. The number of carboxylic acid groups (broad SMARTS) is 1. The Morgan fingerprint density at radius 2 is 1.94 bits per heavy atom. The summed E-state index contributed by atoms with van der Waals surface area (Å²) >= 11 is 0. The normalized spacial score (nSPS) is 12.7. The Kier molecular flexibility index (Phi) is 6.31. The smallest absolute Gasteiger partial charge is 0.332 e. The molecular formula is C26H27N3O4. The van der Waals surface area contributed by atoms with Crippen LogP contribution in [0.3, 0.4) is 0 Å². The number of aromatic nitrogens is 3. The van der Waals surface area contributed by atoms with Gasteiger partial charge in [-0.1, -0.05) is 49.8 Å². The molecule has 2 heterocycles. The Labute approximate surface area is 190 Å². The average molecular weight is 446 g/mol. The molecule has 0 saturated heterocycles. The van der Waals surface area contributed by atoms with E-state index in [0.29, 0.717) is 10.9 Å². The molecule has 2 aromatic heterocycles. The molecule has 0 aliphatic heterocycles. The molecule has 0 bridgehead atoms. The molecule has 0 fully saturated rings. The van der Waals surface area contributed by atoms with Gasteiger partial charge >= 0.3 is 11.7 Å². The highest BCUT2D eigenvalue weighted by molar-refractivity contribution is 5.85. The summed E-state index contributed by atoms with van der Waals surface area (Å²) in [6.45, 7) is 3.84. The molecule has 7 nitrogen and oxygen atoms in total. The van der Waals surface area contributed by atoms with Crippen molar-refractivity contribution in [3.8, 4) is 0 Å². The fourth-order valence-electron chi connectivity index (χ4n) is 4.24. The number of carboxylic acids is 1. The number of unbranched alkanes of at least 4 members (excludes halogenated alkanes) is 1. The van der Waals surface area contributed by atoms with E-state index in [0.717, 1.165) is 39.4 Å². The number of H-pyrrole nitrogens is 1. The third kappa shape index (κ3) is 4.26. The second-order valence-electron chi connectivity index (χ2n) is 8.19. The van der Waals surface area contributed by atoms with Crippen LogP contribution in [0.25, 0.3) is 27.9 Å². The third-order valence-electron chi connectivity index (χ3n) is 5.97. The summed E-state index contributed by atoms with van der Waals surface area (Å²) in [5.74, 6) is -1.06. The topological polar surface area (TPSA) is 97.1 Å². The molecule has 0 spiro atoms. The van der Waals surface area contributed by atoms with Crippen LogP contribution in [0.2, 0.25) is 0 Å². The van der Waals surface area contributed by atoms with Crippen molar-refractivity contribution in [1.29, 1.82) is 0 Å². The first-order valence-corrected chi connectivity index (χ1v) is 11.2. The summed E-state index contributed by atoms with van der Waals surface area (Å²) in [5.41, 5.74) is 2.33. The van der Waals surface area contributed by atoms with Crippen LogP contribution in [0.5, 0.6) is 0 Å². The molecular weight excluding hydrogens is 418 g/mol. The number of rotatable bonds is 8. The zero-order valence-corrected chi connectivity index (χ0v) is 18.7. The van der Waals surface area contributed by atoms with Crippen LogP contribution in [0.1, 0.15) is 50.3 Å². The number of nitrogens with one attached hydrogen (secondary N) is 1. The monoisotopic (exact) mass is 445 g/mol. The number of aromatic amines is 1. The van der Waals surface area contributed by atoms with Gasteiger partial charge in [-0.2, -0.15) is 0 Å². The number of carbonyl (C=O) groups is 1. The zero-order chi connectivity index (χ0) is 23.5. The Balaban J connectivity index is 1.97. The van der Waals surface area contributed by atoms with Gasteiger partial charge in [0.1, 0.15) is 0 Å². The van der Waals surface area contributed by atoms with Crippen LogP contribution in [0.15, 0.2) is 64.3 Å². The second kappa shape index (κ2) is 9.32. The lowest BCUT2D eigenvalue weighted by molar-refractivity contribution is -0.137. The van der Waals surface area contributed by atoms with Crippen molar-refractivity contribution >= 4 is 33.9 Å². The van der Waals surface area contributed by atoms with Crippen molar-refractivity contribution in [2.75, 3.05) is 0 Å². The number of fused-ring (bicyclic) bond motifs is 2. The number of hydrogen-bond acceptors (Lipinski definition) is 3. The van der Waals surface area contributed by atoms with Gasteiger partial charge in [-0.15, -0.1) is 0 Å².